The third-order valence-electron chi connectivity index (χ3n) is 1.50. The molecular weight excluding hydrogens is 180 g/mol. The Balaban J connectivity index is 4.06. The Bertz CT molecular complexity index is 150. The highest BCUT2D eigenvalue weighted by atomic mass is 16.4. The van der Waals surface area contributed by atoms with Crippen molar-refractivity contribution in [2.45, 2.75) is 24.4 Å². The van der Waals surface area contributed by atoms with Crippen molar-refractivity contribution in [1.82, 2.24) is 0 Å². The van der Waals surface area contributed by atoms with Crippen molar-refractivity contribution >= 4 is 6.79 Å². The van der Waals surface area contributed by atoms with Gasteiger partial charge in [-0.25, -0.2) is 20.4 Å². The van der Waals surface area contributed by atoms with Gasteiger partial charge in [0.2, 0.25) is 6.10 Å². The summed E-state index contributed by atoms with van der Waals surface area (Å²) >= 11 is 0. The summed E-state index contributed by atoms with van der Waals surface area (Å²) in [5, 5.41) is 52.9. The molecule has 0 saturated heterocycles. The first-order chi connectivity index (χ1) is 6.04. The van der Waals surface area contributed by atoms with Gasteiger partial charge in [0.1, 0.15) is 6.10 Å². The van der Waals surface area contributed by atoms with Crippen molar-refractivity contribution in [3.63, 3.8) is 0 Å². The van der Waals surface area contributed by atoms with Gasteiger partial charge in [-0.15, -0.1) is 6.61 Å². The number of rotatable bonds is 6. The molecule has 0 aromatic carbocycles. The van der Waals surface area contributed by atoms with Gasteiger partial charge < -0.3 is 5.11 Å². The van der Waals surface area contributed by atoms with Gasteiger partial charge in [0, 0.05) is 0 Å². The molecule has 4 atom stereocenters. The average molecular weight is 190 g/mol. The maximum Gasteiger partial charge on any atom is 0.293 e. The second kappa shape index (κ2) is 6.01. The zero-order valence-corrected chi connectivity index (χ0v) is 6.88. The molecule has 6 nitrogen and oxygen atoms in total. The van der Waals surface area contributed by atoms with Crippen LogP contribution in [-0.4, -0.2) is 44.4 Å². The zero-order valence-electron chi connectivity index (χ0n) is 6.88. The molecule has 0 aromatic rings. The summed E-state index contributed by atoms with van der Waals surface area (Å²) in [5.41, 5.74) is 0. The Kier molecular flexibility index (Phi) is 5.76. The molecule has 0 fully saturated rings. The minimum absolute atomic E-state index is 0.529. The average Bonchev–Trinajstić information content (AvgIpc) is 2.14. The van der Waals surface area contributed by atoms with Gasteiger partial charge in [0.15, 0.2) is 12.2 Å². The lowest BCUT2D eigenvalue weighted by Gasteiger charge is -2.19. The van der Waals surface area contributed by atoms with Gasteiger partial charge in [0.25, 0.3) is 13.4 Å². The van der Waals surface area contributed by atoms with Gasteiger partial charge >= 0.3 is 0 Å². The molecule has 0 aliphatic carbocycles. The molecule has 0 saturated carbocycles. The molecule has 0 heterocycles. The fraction of sp³-hybridized carbons (Fsp3) is 0.857. The second-order valence-corrected chi connectivity index (χ2v) is 2.54. The lowest BCUT2D eigenvalue weighted by atomic mass is 10.0. The highest BCUT2D eigenvalue weighted by Crippen LogP contribution is 2.06. The predicted octanol–water partition coefficient (Wildman–Crippen LogP) is -2.09. The summed E-state index contributed by atoms with van der Waals surface area (Å²) in [4.78, 5) is 0. The van der Waals surface area contributed by atoms with E-state index >= 15 is 0 Å². The van der Waals surface area contributed by atoms with Crippen molar-refractivity contribution in [2.75, 3.05) is 13.2 Å². The highest BCUT2D eigenvalue weighted by Gasteiger charge is 2.36. The number of hydrogen-bond acceptors (Lipinski definition) is 1. The van der Waals surface area contributed by atoms with Crippen LogP contribution >= 0.6 is 0 Å². The molecule has 0 unspecified atom stereocenters. The fourth-order valence-electron chi connectivity index (χ4n) is 0.729. The minimum atomic E-state index is -2.21. The number of carbonyl (C=O) groups excluding carboxylic acids is 1. The Morgan fingerprint density at radius 1 is 1.08 bits per heavy atom. The molecule has 0 rings (SSSR count). The molecule has 0 aromatic heterocycles. The van der Waals surface area contributed by atoms with E-state index in [1.165, 1.54) is 0 Å². The van der Waals surface area contributed by atoms with Crippen LogP contribution in [0.15, 0.2) is 0 Å². The first-order valence-corrected chi connectivity index (χ1v) is 3.63. The van der Waals surface area contributed by atoms with Crippen molar-refractivity contribution in [3.8, 4) is 0 Å². The second-order valence-electron chi connectivity index (χ2n) is 2.54. The van der Waals surface area contributed by atoms with E-state index in [9.17, 15) is 25.5 Å². The molecule has 13 heavy (non-hydrogen) atoms. The Morgan fingerprint density at radius 2 is 1.54 bits per heavy atom. The summed E-state index contributed by atoms with van der Waals surface area (Å²) < 4.78 is 4.11. The van der Waals surface area contributed by atoms with Crippen LogP contribution in [0.25, 0.3) is 0 Å². The first kappa shape index (κ1) is 12.5. The van der Waals surface area contributed by atoms with Crippen LogP contribution in [-0.2, 0) is 24.9 Å². The first-order valence-electron chi connectivity index (χ1n) is 3.63. The zero-order chi connectivity index (χ0) is 10.4. The fourth-order valence-corrected chi connectivity index (χ4v) is 0.729. The van der Waals surface area contributed by atoms with Crippen LogP contribution in [0.3, 0.4) is 0 Å². The van der Waals surface area contributed by atoms with Crippen molar-refractivity contribution < 1.29 is 30.0 Å². The van der Waals surface area contributed by atoms with E-state index < -0.39 is 37.6 Å². The summed E-state index contributed by atoms with van der Waals surface area (Å²) in [7, 11) is 0. The van der Waals surface area contributed by atoms with E-state index in [2.05, 4.69) is 11.2 Å². The molecule has 0 amide bonds. The summed E-state index contributed by atoms with van der Waals surface area (Å²) in [6.45, 7) is 1.13. The molecule has 0 aliphatic rings. The van der Waals surface area contributed by atoms with E-state index in [0.29, 0.717) is 0 Å². The SMILES string of the molecule is C=[O+]C[C@@H]([O])[C@@H]([O])[C@H]([O])[C@H]([O])C[O-]. The Hall–Kier alpha value is -0.530. The Morgan fingerprint density at radius 3 is 1.92 bits per heavy atom. The van der Waals surface area contributed by atoms with Gasteiger partial charge in [0.05, 0.1) is 0 Å². The van der Waals surface area contributed by atoms with E-state index in [1.54, 1.807) is 0 Å². The Labute approximate surface area is 75.4 Å². The van der Waals surface area contributed by atoms with Crippen molar-refractivity contribution in [1.29, 1.82) is 0 Å². The smallest absolute Gasteiger partial charge is 0.293 e. The lowest BCUT2D eigenvalue weighted by Crippen LogP contribution is -2.46. The highest BCUT2D eigenvalue weighted by molar-refractivity contribution is 5.12. The maximum absolute atomic E-state index is 10.8. The van der Waals surface area contributed by atoms with Crippen LogP contribution in [0, 0.1) is 0 Å². The van der Waals surface area contributed by atoms with Crippen LogP contribution < -0.4 is 5.11 Å². The summed E-state index contributed by atoms with van der Waals surface area (Å²) in [5.74, 6) is 0. The molecule has 0 bridgehead atoms. The van der Waals surface area contributed by atoms with E-state index in [4.69, 9.17) is 0 Å². The molecular formula is C7H10O6. The summed E-state index contributed by atoms with van der Waals surface area (Å²) in [6, 6.07) is 0. The van der Waals surface area contributed by atoms with Gasteiger partial charge in [-0.2, -0.15) is 0 Å². The quantitative estimate of drug-likeness (QED) is 0.439. The van der Waals surface area contributed by atoms with E-state index in [-0.39, 0.29) is 0 Å². The topological polar surface area (TPSA) is 114 Å². The normalized spacial score (nSPS) is 20.4. The van der Waals surface area contributed by atoms with E-state index in [0.717, 1.165) is 0 Å². The molecule has 4 radical (unpaired) electrons. The predicted molar refractivity (Wildman–Crippen MR) is 34.8 cm³/mol. The molecule has 0 N–H and O–H groups in total. The van der Waals surface area contributed by atoms with Crippen LogP contribution in [0.1, 0.15) is 0 Å². The monoisotopic (exact) mass is 190 g/mol. The van der Waals surface area contributed by atoms with Gasteiger partial charge in [-0.1, -0.05) is 0 Å². The standard InChI is InChI=1S/C7H10O6/c1-13-3-5(10)7(12)6(11)4(9)2-8/h4-7H,1-3H2/t4-,5-,6-,7-/m1/s1. The maximum atomic E-state index is 10.8. The van der Waals surface area contributed by atoms with Gasteiger partial charge in [-0.05, 0) is 0 Å². The van der Waals surface area contributed by atoms with Crippen molar-refractivity contribution in [3.05, 3.63) is 0 Å². The largest absolute Gasteiger partial charge is 0.852 e. The third-order valence-corrected chi connectivity index (χ3v) is 1.50. The van der Waals surface area contributed by atoms with E-state index in [1.807, 2.05) is 0 Å². The molecule has 6 heteroatoms. The number of hydrogen-bond donors (Lipinski definition) is 0. The van der Waals surface area contributed by atoms with Crippen LogP contribution in [0.2, 0.25) is 0 Å². The van der Waals surface area contributed by atoms with Crippen LogP contribution in [0.4, 0.5) is 0 Å². The third kappa shape index (κ3) is 3.79. The molecule has 74 valence electrons. The van der Waals surface area contributed by atoms with Gasteiger partial charge in [-0.3, -0.25) is 4.42 Å². The lowest BCUT2D eigenvalue weighted by molar-refractivity contribution is -0.468. The molecule has 0 spiro atoms. The van der Waals surface area contributed by atoms with Crippen molar-refractivity contribution in [2.24, 2.45) is 0 Å². The van der Waals surface area contributed by atoms with Crippen LogP contribution in [0.5, 0.6) is 0 Å². The summed E-state index contributed by atoms with van der Waals surface area (Å²) in [6.07, 6.45) is -8.28. The minimum Gasteiger partial charge on any atom is -0.852 e. The molecule has 0 aliphatic heterocycles.